The van der Waals surface area contributed by atoms with Gasteiger partial charge in [-0.25, -0.2) is 0 Å². The Kier molecular flexibility index (Phi) is 6.46. The van der Waals surface area contributed by atoms with Gasteiger partial charge in [-0.05, 0) is 23.6 Å². The summed E-state index contributed by atoms with van der Waals surface area (Å²) < 4.78 is 6.06. The van der Waals surface area contributed by atoms with Gasteiger partial charge in [0.25, 0.3) is 5.91 Å². The topological polar surface area (TPSA) is 84.4 Å². The molecule has 3 heterocycles. The molecule has 0 saturated carbocycles. The summed E-state index contributed by atoms with van der Waals surface area (Å²) in [6.07, 6.45) is 6.13. The van der Waals surface area contributed by atoms with Gasteiger partial charge in [0.05, 0.1) is 24.3 Å². The zero-order valence-corrected chi connectivity index (χ0v) is 17.2. The number of hydrogen-bond donors (Lipinski definition) is 1. The third-order valence-corrected chi connectivity index (χ3v) is 4.62. The van der Waals surface area contributed by atoms with Gasteiger partial charge in [0.1, 0.15) is 11.9 Å². The van der Waals surface area contributed by atoms with E-state index in [4.69, 9.17) is 4.74 Å². The van der Waals surface area contributed by atoms with Crippen LogP contribution in [0.25, 0.3) is 0 Å². The summed E-state index contributed by atoms with van der Waals surface area (Å²) in [5.74, 6) is 0.674. The van der Waals surface area contributed by atoms with Crippen molar-refractivity contribution in [2.45, 2.75) is 46.3 Å². The molecule has 1 atom stereocenters. The minimum atomic E-state index is -0.199. The van der Waals surface area contributed by atoms with Crippen molar-refractivity contribution in [1.82, 2.24) is 20.2 Å². The number of nitrogens with zero attached hydrogens (tertiary/aromatic N) is 3. The van der Waals surface area contributed by atoms with Crippen LogP contribution in [0.2, 0.25) is 0 Å². The van der Waals surface area contributed by atoms with E-state index in [-0.39, 0.29) is 23.3 Å². The molecular formula is C22H28N4O3. The number of hydrogen-bond acceptors (Lipinski definition) is 5. The lowest BCUT2D eigenvalue weighted by atomic mass is 9.92. The second-order valence-electron chi connectivity index (χ2n) is 8.51. The molecular weight excluding hydrogens is 368 g/mol. The van der Waals surface area contributed by atoms with Gasteiger partial charge < -0.3 is 15.0 Å². The summed E-state index contributed by atoms with van der Waals surface area (Å²) in [4.78, 5) is 34.6. The van der Waals surface area contributed by atoms with Gasteiger partial charge in [-0.15, -0.1) is 0 Å². The van der Waals surface area contributed by atoms with Crippen molar-refractivity contribution in [3.05, 3.63) is 54.1 Å². The molecule has 2 aromatic heterocycles. The fraction of sp³-hybridized carbons (Fsp3) is 0.455. The summed E-state index contributed by atoms with van der Waals surface area (Å²) in [6.45, 7) is 7.83. The standard InChI is InChI=1S/C22H28N4O3/c1-22(2,3)12-20(27)26-10-7-19(15-26)29-18-6-9-24-17(11-18)14-25-21(28)16-5-4-8-23-13-16/h4-6,8-9,11,13,19H,7,10,12,14-15H2,1-3H3,(H,25,28). The number of rotatable bonds is 6. The maximum Gasteiger partial charge on any atom is 0.253 e. The van der Waals surface area contributed by atoms with Gasteiger partial charge in [0.15, 0.2) is 0 Å². The fourth-order valence-corrected chi connectivity index (χ4v) is 3.20. The lowest BCUT2D eigenvalue weighted by molar-refractivity contribution is -0.132. The van der Waals surface area contributed by atoms with Crippen molar-refractivity contribution in [2.75, 3.05) is 13.1 Å². The molecule has 29 heavy (non-hydrogen) atoms. The highest BCUT2D eigenvalue weighted by atomic mass is 16.5. The molecule has 7 heteroatoms. The molecule has 154 valence electrons. The molecule has 1 N–H and O–H groups in total. The molecule has 0 aromatic carbocycles. The second-order valence-corrected chi connectivity index (χ2v) is 8.51. The van der Waals surface area contributed by atoms with Gasteiger partial charge in [0.2, 0.25) is 5.91 Å². The predicted molar refractivity (Wildman–Crippen MR) is 109 cm³/mol. The van der Waals surface area contributed by atoms with E-state index in [0.717, 1.165) is 13.0 Å². The van der Waals surface area contributed by atoms with Crippen LogP contribution < -0.4 is 10.1 Å². The first-order chi connectivity index (χ1) is 13.8. The zero-order chi connectivity index (χ0) is 20.9. The Morgan fingerprint density at radius 3 is 2.83 bits per heavy atom. The molecule has 7 nitrogen and oxygen atoms in total. The predicted octanol–water partition coefficient (Wildman–Crippen LogP) is 2.82. The minimum absolute atomic E-state index is 0.0176. The molecule has 0 spiro atoms. The van der Waals surface area contributed by atoms with E-state index in [2.05, 4.69) is 36.1 Å². The third-order valence-electron chi connectivity index (χ3n) is 4.62. The smallest absolute Gasteiger partial charge is 0.253 e. The second kappa shape index (κ2) is 9.03. The van der Waals surface area contributed by atoms with Crippen molar-refractivity contribution in [3.8, 4) is 5.75 Å². The summed E-state index contributed by atoms with van der Waals surface area (Å²) >= 11 is 0. The number of pyridine rings is 2. The zero-order valence-electron chi connectivity index (χ0n) is 17.2. The van der Waals surface area contributed by atoms with E-state index in [1.165, 1.54) is 6.20 Å². The van der Waals surface area contributed by atoms with Crippen molar-refractivity contribution < 1.29 is 14.3 Å². The highest BCUT2D eigenvalue weighted by molar-refractivity contribution is 5.93. The normalized spacial score (nSPS) is 16.5. The van der Waals surface area contributed by atoms with Gasteiger partial charge in [0, 0.05) is 44.0 Å². The molecule has 1 aliphatic heterocycles. The number of nitrogens with one attached hydrogen (secondary N) is 1. The molecule has 1 saturated heterocycles. The third kappa shape index (κ3) is 6.27. The molecule has 0 radical (unpaired) electrons. The SMILES string of the molecule is CC(C)(C)CC(=O)N1CCC(Oc2ccnc(CNC(=O)c3cccnc3)c2)C1. The minimum Gasteiger partial charge on any atom is -0.488 e. The van der Waals surface area contributed by atoms with Crippen molar-refractivity contribution in [3.63, 3.8) is 0 Å². The van der Waals surface area contributed by atoms with Gasteiger partial charge in [-0.3, -0.25) is 19.6 Å². The van der Waals surface area contributed by atoms with E-state index < -0.39 is 0 Å². The van der Waals surface area contributed by atoms with Crippen LogP contribution in [0.1, 0.15) is 49.7 Å². The summed E-state index contributed by atoms with van der Waals surface area (Å²) in [5.41, 5.74) is 1.19. The fourth-order valence-electron chi connectivity index (χ4n) is 3.20. The summed E-state index contributed by atoms with van der Waals surface area (Å²) in [6, 6.07) is 7.05. The van der Waals surface area contributed by atoms with E-state index in [1.807, 2.05) is 11.0 Å². The van der Waals surface area contributed by atoms with Crippen LogP contribution in [0.15, 0.2) is 42.9 Å². The Hall–Kier alpha value is -2.96. The summed E-state index contributed by atoms with van der Waals surface area (Å²) in [5, 5.41) is 2.83. The Morgan fingerprint density at radius 2 is 2.10 bits per heavy atom. The first-order valence-corrected chi connectivity index (χ1v) is 9.88. The van der Waals surface area contributed by atoms with E-state index in [0.29, 0.717) is 36.5 Å². The van der Waals surface area contributed by atoms with E-state index in [9.17, 15) is 9.59 Å². The number of aromatic nitrogens is 2. The molecule has 2 aromatic rings. The Labute approximate surface area is 171 Å². The quantitative estimate of drug-likeness (QED) is 0.812. The average molecular weight is 396 g/mol. The average Bonchev–Trinajstić information content (AvgIpc) is 3.14. The lowest BCUT2D eigenvalue weighted by Crippen LogP contribution is -2.33. The van der Waals surface area contributed by atoms with Crippen LogP contribution >= 0.6 is 0 Å². The molecule has 0 bridgehead atoms. The van der Waals surface area contributed by atoms with Gasteiger partial charge >= 0.3 is 0 Å². The van der Waals surface area contributed by atoms with Crippen molar-refractivity contribution in [1.29, 1.82) is 0 Å². The van der Waals surface area contributed by atoms with Crippen LogP contribution in [0.5, 0.6) is 5.75 Å². The number of carbonyl (C=O) groups excluding carboxylic acids is 2. The Balaban J connectivity index is 1.51. The molecule has 1 unspecified atom stereocenters. The monoisotopic (exact) mass is 396 g/mol. The van der Waals surface area contributed by atoms with Crippen LogP contribution in [-0.4, -0.2) is 45.9 Å². The van der Waals surface area contributed by atoms with Crippen LogP contribution in [0.4, 0.5) is 0 Å². The number of carbonyl (C=O) groups is 2. The van der Waals surface area contributed by atoms with E-state index in [1.54, 1.807) is 30.6 Å². The first kappa shape index (κ1) is 20.8. The molecule has 1 aliphatic rings. The van der Waals surface area contributed by atoms with Crippen LogP contribution in [0, 0.1) is 5.41 Å². The number of ether oxygens (including phenoxy) is 1. The maximum atomic E-state index is 12.4. The molecule has 0 aliphatic carbocycles. The largest absolute Gasteiger partial charge is 0.488 e. The van der Waals surface area contributed by atoms with Crippen LogP contribution in [0.3, 0.4) is 0 Å². The highest BCUT2D eigenvalue weighted by Gasteiger charge is 2.29. The Bertz CT molecular complexity index is 849. The molecule has 3 rings (SSSR count). The van der Waals surface area contributed by atoms with E-state index >= 15 is 0 Å². The van der Waals surface area contributed by atoms with Crippen molar-refractivity contribution >= 4 is 11.8 Å². The maximum absolute atomic E-state index is 12.4. The Morgan fingerprint density at radius 1 is 1.28 bits per heavy atom. The summed E-state index contributed by atoms with van der Waals surface area (Å²) in [7, 11) is 0. The van der Waals surface area contributed by atoms with Gasteiger partial charge in [-0.2, -0.15) is 0 Å². The molecule has 2 amide bonds. The number of likely N-dealkylation sites (tertiary alicyclic amines) is 1. The van der Waals surface area contributed by atoms with Gasteiger partial charge in [-0.1, -0.05) is 20.8 Å². The first-order valence-electron chi connectivity index (χ1n) is 9.88. The highest BCUT2D eigenvalue weighted by Crippen LogP contribution is 2.23. The number of amides is 2. The molecule has 1 fully saturated rings. The lowest BCUT2D eigenvalue weighted by Gasteiger charge is -2.23. The van der Waals surface area contributed by atoms with Crippen LogP contribution in [-0.2, 0) is 11.3 Å². The van der Waals surface area contributed by atoms with Crippen molar-refractivity contribution in [2.24, 2.45) is 5.41 Å².